The molecule has 0 unspecified atom stereocenters. The zero-order valence-corrected chi connectivity index (χ0v) is 8.81. The summed E-state index contributed by atoms with van der Waals surface area (Å²) in [7, 11) is 0. The van der Waals surface area contributed by atoms with Gasteiger partial charge in [0.05, 0.1) is 5.69 Å². The highest BCUT2D eigenvalue weighted by molar-refractivity contribution is 5.34. The van der Waals surface area contributed by atoms with Gasteiger partial charge in [-0.05, 0) is 18.2 Å². The number of pyridine rings is 2. The van der Waals surface area contributed by atoms with Crippen molar-refractivity contribution in [3.8, 4) is 0 Å². The van der Waals surface area contributed by atoms with Gasteiger partial charge in [0.25, 0.3) is 0 Å². The fourth-order valence-corrected chi connectivity index (χ4v) is 1.31. The van der Waals surface area contributed by atoms with Crippen LogP contribution in [0.1, 0.15) is 5.69 Å². The normalized spacial score (nSPS) is 10.1. The maximum Gasteiger partial charge on any atom is 0.222 e. The molecule has 0 spiro atoms. The number of aryl methyl sites for hydroxylation is 1. The average molecular weight is 219 g/mol. The summed E-state index contributed by atoms with van der Waals surface area (Å²) >= 11 is 0. The summed E-state index contributed by atoms with van der Waals surface area (Å²) in [4.78, 5) is 3.70. The lowest BCUT2D eigenvalue weighted by Crippen LogP contribution is -2.45. The van der Waals surface area contributed by atoms with E-state index in [0.29, 0.717) is 11.5 Å². The Hall–Kier alpha value is -2.17. The topological polar surface area (TPSA) is 54.8 Å². The third kappa shape index (κ3) is 2.25. The number of nitrogens with zero attached hydrogens (tertiary/aromatic N) is 2. The maximum absolute atomic E-state index is 12.9. The SMILES string of the molecule is Cc1ccc(N)c[n+]1Nc1cccc(F)n1. The summed E-state index contributed by atoms with van der Waals surface area (Å²) in [5.74, 6) is -0.0918. The van der Waals surface area contributed by atoms with Crippen LogP contribution in [0, 0.1) is 12.9 Å². The summed E-state index contributed by atoms with van der Waals surface area (Å²) in [5, 5.41) is 0. The molecule has 3 N–H and O–H groups in total. The average Bonchev–Trinajstić information content (AvgIpc) is 2.24. The van der Waals surface area contributed by atoms with Gasteiger partial charge < -0.3 is 5.73 Å². The zero-order valence-electron chi connectivity index (χ0n) is 8.81. The number of anilines is 2. The highest BCUT2D eigenvalue weighted by atomic mass is 19.1. The fourth-order valence-electron chi connectivity index (χ4n) is 1.31. The van der Waals surface area contributed by atoms with Gasteiger partial charge in [-0.15, -0.1) is 5.43 Å². The van der Waals surface area contributed by atoms with Crippen LogP contribution in [0.25, 0.3) is 0 Å². The van der Waals surface area contributed by atoms with Crippen molar-refractivity contribution in [2.45, 2.75) is 6.92 Å². The van der Waals surface area contributed by atoms with Crippen LogP contribution in [0.15, 0.2) is 36.5 Å². The van der Waals surface area contributed by atoms with Gasteiger partial charge in [0, 0.05) is 13.0 Å². The number of nitrogen functional groups attached to an aromatic ring is 1. The summed E-state index contributed by atoms with van der Waals surface area (Å²) in [6, 6.07) is 8.22. The van der Waals surface area contributed by atoms with Crippen molar-refractivity contribution < 1.29 is 9.07 Å². The molecule has 0 aromatic carbocycles. The zero-order chi connectivity index (χ0) is 11.5. The van der Waals surface area contributed by atoms with E-state index in [9.17, 15) is 4.39 Å². The van der Waals surface area contributed by atoms with Crippen molar-refractivity contribution >= 4 is 11.5 Å². The maximum atomic E-state index is 12.9. The minimum Gasteiger partial charge on any atom is -0.394 e. The highest BCUT2D eigenvalue weighted by Crippen LogP contribution is 2.03. The molecule has 0 saturated heterocycles. The number of nitrogens with one attached hydrogen (secondary N) is 1. The van der Waals surface area contributed by atoms with E-state index >= 15 is 0 Å². The lowest BCUT2D eigenvalue weighted by molar-refractivity contribution is -0.648. The molecule has 4 nitrogen and oxygen atoms in total. The van der Waals surface area contributed by atoms with E-state index < -0.39 is 5.95 Å². The van der Waals surface area contributed by atoms with Gasteiger partial charge in [0.1, 0.15) is 0 Å². The van der Waals surface area contributed by atoms with Gasteiger partial charge >= 0.3 is 0 Å². The Morgan fingerprint density at radius 3 is 2.88 bits per heavy atom. The monoisotopic (exact) mass is 219 g/mol. The Bertz CT molecular complexity index is 513. The van der Waals surface area contributed by atoms with Crippen molar-refractivity contribution in [3.63, 3.8) is 0 Å². The molecule has 2 aromatic heterocycles. The molecular formula is C11H12FN4+. The Morgan fingerprint density at radius 2 is 2.12 bits per heavy atom. The van der Waals surface area contributed by atoms with E-state index in [0.717, 1.165) is 5.69 Å². The molecule has 0 bridgehead atoms. The molecule has 0 amide bonds. The van der Waals surface area contributed by atoms with Crippen molar-refractivity contribution in [2.75, 3.05) is 11.2 Å². The van der Waals surface area contributed by atoms with Gasteiger partial charge in [0.15, 0.2) is 5.82 Å². The van der Waals surface area contributed by atoms with Crippen LogP contribution in [0.5, 0.6) is 0 Å². The Labute approximate surface area is 92.5 Å². The van der Waals surface area contributed by atoms with Crippen LogP contribution in [0.2, 0.25) is 0 Å². The largest absolute Gasteiger partial charge is 0.394 e. The Morgan fingerprint density at radius 1 is 1.31 bits per heavy atom. The predicted octanol–water partition coefficient (Wildman–Crippen LogP) is 1.27. The molecule has 2 heterocycles. The molecule has 0 saturated carbocycles. The smallest absolute Gasteiger partial charge is 0.222 e. The molecule has 0 radical (unpaired) electrons. The number of halogens is 1. The first-order chi connectivity index (χ1) is 7.65. The summed E-state index contributed by atoms with van der Waals surface area (Å²) in [6.45, 7) is 1.91. The molecule has 0 aliphatic carbocycles. The van der Waals surface area contributed by atoms with Gasteiger partial charge in [-0.25, -0.2) is 0 Å². The van der Waals surface area contributed by atoms with Crippen LogP contribution in [0.4, 0.5) is 15.9 Å². The lowest BCUT2D eigenvalue weighted by atomic mass is 10.3. The summed E-state index contributed by atoms with van der Waals surface area (Å²) < 4.78 is 14.6. The molecule has 2 aromatic rings. The quantitative estimate of drug-likeness (QED) is 0.591. The van der Waals surface area contributed by atoms with Crippen molar-refractivity contribution in [1.82, 2.24) is 4.98 Å². The number of aromatic nitrogens is 2. The molecule has 82 valence electrons. The summed E-state index contributed by atoms with van der Waals surface area (Å²) in [5.41, 5.74) is 10.2. The highest BCUT2D eigenvalue weighted by Gasteiger charge is 2.08. The summed E-state index contributed by atoms with van der Waals surface area (Å²) in [6.07, 6.45) is 1.71. The number of nitrogens with two attached hydrogens (primary N) is 1. The van der Waals surface area contributed by atoms with Crippen LogP contribution >= 0.6 is 0 Å². The standard InChI is InChI=1S/C11H12FN4/c1-8-5-6-9(13)7-16(8)15-11-4-2-3-10(12)14-11/h2-7H,13H2,1H3,(H,14,15)/q+1. The molecule has 0 fully saturated rings. The first-order valence-corrected chi connectivity index (χ1v) is 4.82. The first kappa shape index (κ1) is 10.4. The molecule has 2 rings (SSSR count). The molecule has 0 aliphatic heterocycles. The second kappa shape index (κ2) is 4.14. The van der Waals surface area contributed by atoms with Crippen molar-refractivity contribution in [2.24, 2.45) is 0 Å². The van der Waals surface area contributed by atoms with Gasteiger partial charge in [-0.3, -0.25) is 0 Å². The molecule has 16 heavy (non-hydrogen) atoms. The van der Waals surface area contributed by atoms with Crippen LogP contribution in [-0.4, -0.2) is 4.98 Å². The predicted molar refractivity (Wildman–Crippen MR) is 59.0 cm³/mol. The van der Waals surface area contributed by atoms with Gasteiger partial charge in [-0.1, -0.05) is 10.7 Å². The van der Waals surface area contributed by atoms with E-state index in [-0.39, 0.29) is 0 Å². The van der Waals surface area contributed by atoms with E-state index in [1.165, 1.54) is 6.07 Å². The molecule has 0 aliphatic rings. The third-order valence-electron chi connectivity index (χ3n) is 2.13. The minimum absolute atomic E-state index is 0.429. The van der Waals surface area contributed by atoms with E-state index in [1.807, 2.05) is 13.0 Å². The first-order valence-electron chi connectivity index (χ1n) is 4.82. The minimum atomic E-state index is -0.521. The third-order valence-corrected chi connectivity index (χ3v) is 2.13. The van der Waals surface area contributed by atoms with Crippen LogP contribution in [-0.2, 0) is 0 Å². The van der Waals surface area contributed by atoms with Gasteiger partial charge in [0.2, 0.25) is 17.8 Å². The number of hydrogen-bond acceptors (Lipinski definition) is 3. The molecule has 5 heteroatoms. The lowest BCUT2D eigenvalue weighted by Gasteiger charge is -2.02. The van der Waals surface area contributed by atoms with Gasteiger partial charge in [-0.2, -0.15) is 9.37 Å². The Kier molecular flexibility index (Phi) is 2.68. The number of rotatable bonds is 2. The van der Waals surface area contributed by atoms with E-state index in [4.69, 9.17) is 5.73 Å². The second-order valence-corrected chi connectivity index (χ2v) is 3.43. The van der Waals surface area contributed by atoms with Crippen LogP contribution in [0.3, 0.4) is 0 Å². The van der Waals surface area contributed by atoms with E-state index in [1.54, 1.807) is 29.1 Å². The van der Waals surface area contributed by atoms with E-state index in [2.05, 4.69) is 10.4 Å². The second-order valence-electron chi connectivity index (χ2n) is 3.43. The molecule has 0 atom stereocenters. The number of hydrogen-bond donors (Lipinski definition) is 2. The molecular weight excluding hydrogens is 207 g/mol. The van der Waals surface area contributed by atoms with Crippen molar-refractivity contribution in [1.29, 1.82) is 0 Å². The Balaban J connectivity index is 2.30. The van der Waals surface area contributed by atoms with Crippen molar-refractivity contribution in [3.05, 3.63) is 48.2 Å². The van der Waals surface area contributed by atoms with Crippen LogP contribution < -0.4 is 15.8 Å². The fraction of sp³-hybridized carbons (Fsp3) is 0.0909.